The number of benzene rings is 1. The van der Waals surface area contributed by atoms with E-state index in [1.54, 1.807) is 19.2 Å². The van der Waals surface area contributed by atoms with Crippen LogP contribution in [0.1, 0.15) is 83.5 Å². The zero-order valence-corrected chi connectivity index (χ0v) is 29.9. The molecule has 5 N–H and O–H groups in total. The zero-order valence-electron chi connectivity index (χ0n) is 29.9. The Morgan fingerprint density at radius 2 is 1.70 bits per heavy atom. The van der Waals surface area contributed by atoms with E-state index >= 15 is 0 Å². The number of nitrogens with two attached hydrogens (primary N) is 1. The normalized spacial score (nSPS) is 16.5. The maximum atomic E-state index is 13.5. The second-order valence-corrected chi connectivity index (χ2v) is 13.4. The topological polar surface area (TPSA) is 145 Å². The highest BCUT2D eigenvalue weighted by Crippen LogP contribution is 2.27. The predicted octanol–water partition coefficient (Wildman–Crippen LogP) is 3.86. The molecule has 4 atom stereocenters. The van der Waals surface area contributed by atoms with Crippen molar-refractivity contribution in [1.29, 1.82) is 0 Å². The molecule has 2 rings (SSSR count). The van der Waals surface area contributed by atoms with Crippen LogP contribution in [0.2, 0.25) is 0 Å². The number of aliphatic hydroxyl groups excluding tert-OH is 1. The van der Waals surface area contributed by atoms with Crippen molar-refractivity contribution in [3.05, 3.63) is 23.8 Å². The van der Waals surface area contributed by atoms with Crippen LogP contribution in [0.3, 0.4) is 0 Å². The van der Waals surface area contributed by atoms with Crippen molar-refractivity contribution in [3.63, 3.8) is 0 Å². The number of aliphatic hydroxyl groups is 1. The zero-order chi connectivity index (χ0) is 34.6. The summed E-state index contributed by atoms with van der Waals surface area (Å²) in [6, 6.07) is 4.83. The molecule has 2 amide bonds. The molecular formula is C36H64N4O7. The van der Waals surface area contributed by atoms with Crippen LogP contribution in [0.15, 0.2) is 18.2 Å². The average Bonchev–Trinajstić information content (AvgIpc) is 3.05. The molecule has 11 heteroatoms. The summed E-state index contributed by atoms with van der Waals surface area (Å²) in [5.41, 5.74) is 6.96. The average molecular weight is 665 g/mol. The van der Waals surface area contributed by atoms with Crippen LogP contribution in [0.5, 0.6) is 11.5 Å². The minimum absolute atomic E-state index is 0.0284. The monoisotopic (exact) mass is 664 g/mol. The van der Waals surface area contributed by atoms with Crippen LogP contribution in [-0.4, -0.2) is 107 Å². The number of hydrogen-bond acceptors (Lipinski definition) is 9. The van der Waals surface area contributed by atoms with Crippen LogP contribution in [0, 0.1) is 23.7 Å². The molecule has 1 aromatic carbocycles. The van der Waals surface area contributed by atoms with Gasteiger partial charge in [0.2, 0.25) is 5.91 Å². The van der Waals surface area contributed by atoms with E-state index in [0.29, 0.717) is 62.8 Å². The van der Waals surface area contributed by atoms with Crippen LogP contribution < -0.4 is 25.8 Å². The number of rotatable bonds is 24. The van der Waals surface area contributed by atoms with Gasteiger partial charge < -0.3 is 40.4 Å². The van der Waals surface area contributed by atoms with Crippen LogP contribution in [-0.2, 0) is 14.3 Å². The lowest BCUT2D eigenvalue weighted by Crippen LogP contribution is -2.44. The van der Waals surface area contributed by atoms with Crippen molar-refractivity contribution >= 4 is 11.8 Å². The molecule has 0 aliphatic carbocycles. The fraction of sp³-hybridized carbons (Fsp3) is 0.778. The van der Waals surface area contributed by atoms with E-state index in [1.165, 1.54) is 0 Å². The predicted molar refractivity (Wildman–Crippen MR) is 186 cm³/mol. The summed E-state index contributed by atoms with van der Waals surface area (Å²) in [7, 11) is 1.68. The number of carbonyl (C=O) groups is 2. The quantitative estimate of drug-likeness (QED) is 0.121. The molecule has 0 saturated carbocycles. The van der Waals surface area contributed by atoms with Gasteiger partial charge in [-0.3, -0.25) is 14.5 Å². The molecule has 1 fully saturated rings. The van der Waals surface area contributed by atoms with Crippen molar-refractivity contribution in [2.45, 2.75) is 85.3 Å². The van der Waals surface area contributed by atoms with Gasteiger partial charge in [-0.1, -0.05) is 41.0 Å². The minimum Gasteiger partial charge on any atom is -0.493 e. The third kappa shape index (κ3) is 15.5. The first kappa shape index (κ1) is 40.7. The molecule has 270 valence electrons. The van der Waals surface area contributed by atoms with Crippen molar-refractivity contribution in [2.75, 3.05) is 72.9 Å². The molecule has 0 aromatic heterocycles. The summed E-state index contributed by atoms with van der Waals surface area (Å²) in [4.78, 5) is 28.6. The summed E-state index contributed by atoms with van der Waals surface area (Å²) in [5.74, 6) is 0.874. The molecule has 47 heavy (non-hydrogen) atoms. The summed E-state index contributed by atoms with van der Waals surface area (Å²) in [6.45, 7) is 17.0. The molecule has 0 bridgehead atoms. The number of morpholine rings is 1. The Balaban J connectivity index is 2.01. The van der Waals surface area contributed by atoms with Gasteiger partial charge in [0, 0.05) is 64.5 Å². The number of unbranched alkanes of at least 4 members (excludes halogenated alkanes) is 2. The third-order valence-corrected chi connectivity index (χ3v) is 8.98. The van der Waals surface area contributed by atoms with Gasteiger partial charge in [-0.15, -0.1) is 0 Å². The highest BCUT2D eigenvalue weighted by Gasteiger charge is 2.30. The van der Waals surface area contributed by atoms with Gasteiger partial charge in [0.1, 0.15) is 18.1 Å². The fourth-order valence-electron chi connectivity index (χ4n) is 5.60. The van der Waals surface area contributed by atoms with E-state index in [0.717, 1.165) is 58.5 Å². The lowest BCUT2D eigenvalue weighted by molar-refractivity contribution is -0.127. The van der Waals surface area contributed by atoms with E-state index in [4.69, 9.17) is 24.7 Å². The van der Waals surface area contributed by atoms with Gasteiger partial charge >= 0.3 is 0 Å². The molecular weight excluding hydrogens is 600 g/mol. The molecule has 1 saturated heterocycles. The van der Waals surface area contributed by atoms with Crippen molar-refractivity contribution in [3.8, 4) is 11.5 Å². The Kier molecular flexibility index (Phi) is 19.9. The number of nitrogens with one attached hydrogen (secondary N) is 2. The lowest BCUT2D eigenvalue weighted by Gasteiger charge is -2.30. The first-order valence-electron chi connectivity index (χ1n) is 17.7. The maximum absolute atomic E-state index is 13.5. The maximum Gasteiger partial charge on any atom is 0.255 e. The van der Waals surface area contributed by atoms with Gasteiger partial charge in [-0.25, -0.2) is 0 Å². The first-order chi connectivity index (χ1) is 22.6. The first-order valence-corrected chi connectivity index (χ1v) is 17.7. The Morgan fingerprint density at radius 1 is 0.979 bits per heavy atom. The van der Waals surface area contributed by atoms with E-state index in [1.807, 2.05) is 19.9 Å². The number of ether oxygens (including phenoxy) is 4. The fourth-order valence-corrected chi connectivity index (χ4v) is 5.60. The largest absolute Gasteiger partial charge is 0.493 e. The van der Waals surface area contributed by atoms with Gasteiger partial charge in [-0.2, -0.15) is 0 Å². The Bertz CT molecular complexity index is 1020. The van der Waals surface area contributed by atoms with E-state index in [2.05, 4.69) is 36.3 Å². The highest BCUT2D eigenvalue weighted by atomic mass is 16.5. The Hall–Kier alpha value is -2.44. The van der Waals surface area contributed by atoms with E-state index in [9.17, 15) is 14.7 Å². The summed E-state index contributed by atoms with van der Waals surface area (Å²) < 4.78 is 22.7. The van der Waals surface area contributed by atoms with Crippen molar-refractivity contribution in [1.82, 2.24) is 15.5 Å². The van der Waals surface area contributed by atoms with Gasteiger partial charge in [-0.05, 0) is 62.0 Å². The smallest absolute Gasteiger partial charge is 0.255 e. The molecule has 1 aliphatic heterocycles. The lowest BCUT2D eigenvalue weighted by atomic mass is 9.83. The van der Waals surface area contributed by atoms with Gasteiger partial charge in [0.15, 0.2) is 0 Å². The molecule has 1 aliphatic rings. The van der Waals surface area contributed by atoms with Crippen molar-refractivity contribution < 1.29 is 33.6 Å². The second-order valence-electron chi connectivity index (χ2n) is 13.4. The minimum atomic E-state index is -0.829. The van der Waals surface area contributed by atoms with E-state index in [-0.39, 0.29) is 35.5 Å². The molecule has 1 heterocycles. The molecule has 0 radical (unpaired) electrons. The number of nitrogens with zero attached hydrogens (tertiary/aromatic N) is 1. The number of amides is 2. The summed E-state index contributed by atoms with van der Waals surface area (Å²) >= 11 is 0. The van der Waals surface area contributed by atoms with Gasteiger partial charge in [0.25, 0.3) is 5.91 Å². The Labute approximate surface area is 283 Å². The van der Waals surface area contributed by atoms with Crippen LogP contribution in [0.25, 0.3) is 0 Å². The third-order valence-electron chi connectivity index (χ3n) is 8.98. The van der Waals surface area contributed by atoms with Gasteiger partial charge in [0.05, 0.1) is 31.5 Å². The van der Waals surface area contributed by atoms with Crippen molar-refractivity contribution in [2.24, 2.45) is 29.4 Å². The standard InChI is InChI=1S/C36H64N4O7/c1-7-8-13-38-36(43)31(27(4)5)24-33(41)32(37)22-28(26(2)3)25-39-35(42)30-12-11-29(23-34(30)47-18-10-9-17-44-6)46-21-16-40-14-19-45-20-15-40/h11-12,23,26-28,31-33,41H,7-10,13-22,24-25,37H2,1-6H3,(H,38,43)(H,39,42)/t28-,31+,32+,33+/m1/s1. The number of hydrogen-bond donors (Lipinski definition) is 4. The van der Waals surface area contributed by atoms with Crippen LogP contribution >= 0.6 is 0 Å². The molecule has 1 aromatic rings. The highest BCUT2D eigenvalue weighted by molar-refractivity contribution is 5.97. The molecule has 0 unspecified atom stereocenters. The van der Waals surface area contributed by atoms with Crippen LogP contribution in [0.4, 0.5) is 0 Å². The number of methoxy groups -OCH3 is 1. The van der Waals surface area contributed by atoms with E-state index < -0.39 is 12.1 Å². The SMILES string of the molecule is CCCCNC(=O)[C@@H](C[C@H](O)[C@@H](N)C[C@H](CNC(=O)c1ccc(OCCN2CCOCC2)cc1OCCCCOC)C(C)C)C(C)C. The second kappa shape index (κ2) is 23.0. The Morgan fingerprint density at radius 3 is 2.36 bits per heavy atom. The summed E-state index contributed by atoms with van der Waals surface area (Å²) in [5, 5.41) is 17.1. The molecule has 0 spiro atoms. The summed E-state index contributed by atoms with van der Waals surface area (Å²) in [6.07, 6.45) is 3.58. The number of carbonyl (C=O) groups excluding carboxylic acids is 2. The molecule has 11 nitrogen and oxygen atoms in total.